The van der Waals surface area contributed by atoms with E-state index < -0.39 is 36.1 Å². The number of carbonyl (C=O) groups excluding carboxylic acids is 4. The van der Waals surface area contributed by atoms with Crippen molar-refractivity contribution < 1.29 is 52.7 Å². The Labute approximate surface area is 256 Å². The van der Waals surface area contributed by atoms with Crippen LogP contribution in [0.4, 0.5) is 0 Å². The zero-order valence-electron chi connectivity index (χ0n) is 26.6. The van der Waals surface area contributed by atoms with Crippen molar-refractivity contribution in [1.82, 2.24) is 9.80 Å². The maximum Gasteiger partial charge on any atom is 0.302 e. The van der Waals surface area contributed by atoms with Crippen LogP contribution in [-0.2, 0) is 47.6 Å². The molecule has 0 spiro atoms. The first kappa shape index (κ1) is 38.7. The Morgan fingerprint density at radius 1 is 0.628 bits per heavy atom. The molecule has 0 bridgehead atoms. The minimum absolute atomic E-state index is 0.00300. The second-order valence-electron chi connectivity index (χ2n) is 10.8. The number of nitrogens with zero attached hydrogens (tertiary/aromatic N) is 2. The van der Waals surface area contributed by atoms with Crippen LogP contribution in [0, 0.1) is 0 Å². The van der Waals surface area contributed by atoms with Crippen molar-refractivity contribution in [3.63, 3.8) is 0 Å². The van der Waals surface area contributed by atoms with Crippen molar-refractivity contribution >= 4 is 23.9 Å². The van der Waals surface area contributed by atoms with Crippen molar-refractivity contribution in [2.75, 3.05) is 79.0 Å². The Hall–Kier alpha value is -2.32. The summed E-state index contributed by atoms with van der Waals surface area (Å²) in [5.74, 6) is -1.73. The van der Waals surface area contributed by atoms with Crippen LogP contribution >= 0.6 is 0 Å². The average Bonchev–Trinajstić information content (AvgIpc) is 2.96. The topological polar surface area (TPSA) is 150 Å². The molecule has 0 aromatic rings. The Morgan fingerprint density at radius 3 is 1.42 bits per heavy atom. The molecular weight excluding hydrogens is 564 g/mol. The lowest BCUT2D eigenvalue weighted by Gasteiger charge is -2.35. The van der Waals surface area contributed by atoms with Crippen LogP contribution in [0.5, 0.6) is 0 Å². The summed E-state index contributed by atoms with van der Waals surface area (Å²) in [7, 11) is 0. The Balaban J connectivity index is 2.69. The molecule has 0 unspecified atom stereocenters. The van der Waals surface area contributed by atoms with E-state index in [9.17, 15) is 24.3 Å². The lowest BCUT2D eigenvalue weighted by atomic mass is 9.94. The number of rotatable bonds is 24. The van der Waals surface area contributed by atoms with E-state index in [1.54, 1.807) is 0 Å². The zero-order chi connectivity index (χ0) is 31.9. The monoisotopic (exact) mass is 618 g/mol. The van der Waals surface area contributed by atoms with E-state index in [1.165, 1.54) is 47.0 Å². The molecule has 43 heavy (non-hydrogen) atoms. The highest BCUT2D eigenvalue weighted by atomic mass is 16.6. The summed E-state index contributed by atoms with van der Waals surface area (Å²) >= 11 is 0. The molecule has 1 aliphatic carbocycles. The standard InChI is InChI=1S/C30H54N2O11/c1-24(34)40-20-29(21-41-25(2)35)38-18-8-12-31(14-15-32(16-17-33)28-10-6-5-7-11-28)13-9-19-39-30(22-42-26(3)36)23-43-27(4)37/h28-30,33H,5-23H2,1-4H3. The third kappa shape index (κ3) is 21.1. The molecule has 1 rings (SSSR count). The van der Waals surface area contributed by atoms with Crippen molar-refractivity contribution in [2.45, 2.75) is 90.9 Å². The van der Waals surface area contributed by atoms with Crippen molar-refractivity contribution in [3.05, 3.63) is 0 Å². The second-order valence-corrected chi connectivity index (χ2v) is 10.8. The van der Waals surface area contributed by atoms with Gasteiger partial charge in [0.15, 0.2) is 0 Å². The smallest absolute Gasteiger partial charge is 0.302 e. The van der Waals surface area contributed by atoms with E-state index in [-0.39, 0.29) is 33.0 Å². The summed E-state index contributed by atoms with van der Waals surface area (Å²) in [6.45, 7) is 9.89. The van der Waals surface area contributed by atoms with Crippen LogP contribution in [0.25, 0.3) is 0 Å². The van der Waals surface area contributed by atoms with E-state index in [0.717, 1.165) is 39.0 Å². The molecule has 0 aliphatic heterocycles. The quantitative estimate of drug-likeness (QED) is 0.0951. The van der Waals surface area contributed by atoms with Crippen molar-refractivity contribution in [1.29, 1.82) is 0 Å². The van der Waals surface area contributed by atoms with Crippen LogP contribution in [0.15, 0.2) is 0 Å². The van der Waals surface area contributed by atoms with E-state index >= 15 is 0 Å². The molecule has 0 saturated heterocycles. The first-order valence-corrected chi connectivity index (χ1v) is 15.4. The molecule has 0 aromatic heterocycles. The Bertz CT molecular complexity index is 708. The van der Waals surface area contributed by atoms with Gasteiger partial charge in [-0.05, 0) is 25.7 Å². The van der Waals surface area contributed by atoms with Gasteiger partial charge in [-0.2, -0.15) is 0 Å². The van der Waals surface area contributed by atoms with Gasteiger partial charge >= 0.3 is 23.9 Å². The highest BCUT2D eigenvalue weighted by molar-refractivity contribution is 5.67. The molecule has 1 fully saturated rings. The number of hydrogen-bond acceptors (Lipinski definition) is 13. The van der Waals surface area contributed by atoms with Crippen molar-refractivity contribution in [2.24, 2.45) is 0 Å². The molecule has 13 nitrogen and oxygen atoms in total. The number of aliphatic hydroxyl groups is 1. The molecule has 1 aliphatic rings. The average molecular weight is 619 g/mol. The molecular formula is C30H54N2O11. The van der Waals surface area contributed by atoms with Crippen molar-refractivity contribution in [3.8, 4) is 0 Å². The van der Waals surface area contributed by atoms with Crippen LogP contribution in [0.2, 0.25) is 0 Å². The fourth-order valence-electron chi connectivity index (χ4n) is 4.86. The van der Waals surface area contributed by atoms with Gasteiger partial charge < -0.3 is 38.4 Å². The predicted molar refractivity (Wildman–Crippen MR) is 157 cm³/mol. The van der Waals surface area contributed by atoms with Crippen LogP contribution in [-0.4, -0.2) is 136 Å². The van der Waals surface area contributed by atoms with Gasteiger partial charge in [0.05, 0.1) is 6.61 Å². The van der Waals surface area contributed by atoms with Gasteiger partial charge in [0.1, 0.15) is 38.6 Å². The van der Waals surface area contributed by atoms with Crippen LogP contribution in [0.1, 0.15) is 72.6 Å². The SMILES string of the molecule is CC(=O)OCC(COC(C)=O)OCCCN(CCCOC(COC(C)=O)COC(C)=O)CCN(CCO)C1CCCCC1. The van der Waals surface area contributed by atoms with E-state index in [0.29, 0.717) is 38.6 Å². The number of carbonyl (C=O) groups is 4. The summed E-state index contributed by atoms with van der Waals surface area (Å²) < 4.78 is 31.9. The summed E-state index contributed by atoms with van der Waals surface area (Å²) in [5.41, 5.74) is 0. The number of aliphatic hydroxyl groups excluding tert-OH is 1. The molecule has 0 atom stereocenters. The largest absolute Gasteiger partial charge is 0.463 e. The molecule has 0 aromatic carbocycles. The minimum Gasteiger partial charge on any atom is -0.463 e. The van der Waals surface area contributed by atoms with E-state index in [1.807, 2.05) is 0 Å². The first-order chi connectivity index (χ1) is 20.6. The molecule has 13 heteroatoms. The maximum atomic E-state index is 11.2. The number of ether oxygens (including phenoxy) is 6. The first-order valence-electron chi connectivity index (χ1n) is 15.4. The second kappa shape index (κ2) is 24.1. The van der Waals surface area contributed by atoms with Gasteiger partial charge in [-0.15, -0.1) is 0 Å². The Kier molecular flexibility index (Phi) is 21.7. The molecule has 0 amide bonds. The maximum absolute atomic E-state index is 11.2. The lowest BCUT2D eigenvalue weighted by Crippen LogP contribution is -2.44. The number of esters is 4. The number of hydrogen-bond donors (Lipinski definition) is 1. The van der Waals surface area contributed by atoms with Crippen LogP contribution < -0.4 is 0 Å². The molecule has 1 saturated carbocycles. The van der Waals surface area contributed by atoms with Gasteiger partial charge in [0.2, 0.25) is 0 Å². The highest BCUT2D eigenvalue weighted by Crippen LogP contribution is 2.22. The van der Waals surface area contributed by atoms with Gasteiger partial charge in [-0.25, -0.2) is 0 Å². The van der Waals surface area contributed by atoms with Gasteiger partial charge in [-0.3, -0.25) is 24.1 Å². The fourth-order valence-corrected chi connectivity index (χ4v) is 4.86. The fraction of sp³-hybridized carbons (Fsp3) is 0.867. The summed E-state index contributed by atoms with van der Waals surface area (Å²) in [4.78, 5) is 49.6. The third-order valence-corrected chi connectivity index (χ3v) is 7.02. The lowest BCUT2D eigenvalue weighted by molar-refractivity contribution is -0.154. The van der Waals surface area contributed by atoms with Gasteiger partial charge in [0, 0.05) is 79.7 Å². The normalized spacial score (nSPS) is 14.0. The Morgan fingerprint density at radius 2 is 1.05 bits per heavy atom. The van der Waals surface area contributed by atoms with Gasteiger partial charge in [0.25, 0.3) is 0 Å². The summed E-state index contributed by atoms with van der Waals surface area (Å²) in [6, 6.07) is 0.487. The van der Waals surface area contributed by atoms with E-state index in [4.69, 9.17) is 28.4 Å². The molecule has 250 valence electrons. The summed E-state index contributed by atoms with van der Waals surface area (Å²) in [6.07, 6.45) is 6.30. The van der Waals surface area contributed by atoms with Crippen LogP contribution in [0.3, 0.4) is 0 Å². The molecule has 0 radical (unpaired) electrons. The highest BCUT2D eigenvalue weighted by Gasteiger charge is 2.22. The summed E-state index contributed by atoms with van der Waals surface area (Å²) in [5, 5.41) is 9.68. The predicted octanol–water partition coefficient (Wildman–Crippen LogP) is 1.72. The zero-order valence-corrected chi connectivity index (χ0v) is 26.6. The van der Waals surface area contributed by atoms with E-state index in [2.05, 4.69) is 9.80 Å². The molecule has 1 N–H and O–H groups in total. The van der Waals surface area contributed by atoms with Gasteiger partial charge in [-0.1, -0.05) is 19.3 Å². The third-order valence-electron chi connectivity index (χ3n) is 7.02. The molecule has 0 heterocycles. The minimum atomic E-state index is -0.549.